The number of nitrogens with zero attached hydrogens (tertiary/aromatic N) is 1. The highest BCUT2D eigenvalue weighted by molar-refractivity contribution is 5.99. The van der Waals surface area contributed by atoms with E-state index in [2.05, 4.69) is 10.1 Å². The highest BCUT2D eigenvalue weighted by Gasteiger charge is 2.21. The molecule has 1 unspecified atom stereocenters. The van der Waals surface area contributed by atoms with Crippen LogP contribution in [0.2, 0.25) is 0 Å². The largest absolute Gasteiger partial charge is 0.493 e. The van der Waals surface area contributed by atoms with Gasteiger partial charge in [0.1, 0.15) is 0 Å². The quantitative estimate of drug-likeness (QED) is 0.394. The first-order valence-electron chi connectivity index (χ1n) is 8.74. The fourth-order valence-electron chi connectivity index (χ4n) is 2.80. The average Bonchev–Trinajstić information content (AvgIpc) is 2.76. The maximum atomic E-state index is 12.7. The van der Waals surface area contributed by atoms with Gasteiger partial charge in [0.15, 0.2) is 11.5 Å². The van der Waals surface area contributed by atoms with Crippen LogP contribution in [-0.2, 0) is 4.74 Å². The normalized spacial score (nSPS) is 11.2. The van der Waals surface area contributed by atoms with Crippen molar-refractivity contribution in [3.8, 4) is 17.2 Å². The zero-order chi connectivity index (χ0) is 22.4. The van der Waals surface area contributed by atoms with Crippen LogP contribution in [0.5, 0.6) is 17.2 Å². The lowest BCUT2D eigenvalue weighted by Crippen LogP contribution is -2.27. The summed E-state index contributed by atoms with van der Waals surface area (Å²) in [7, 11) is 5.57. The van der Waals surface area contributed by atoms with Crippen LogP contribution < -0.4 is 19.5 Å². The molecule has 2 aromatic carbocycles. The average molecular weight is 418 g/mol. The number of hydrogen-bond acceptors (Lipinski definition) is 8. The summed E-state index contributed by atoms with van der Waals surface area (Å²) in [5, 5.41) is 13.9. The van der Waals surface area contributed by atoms with Gasteiger partial charge in [-0.25, -0.2) is 4.79 Å². The van der Waals surface area contributed by atoms with E-state index in [4.69, 9.17) is 14.2 Å². The smallest absolute Gasteiger partial charge is 0.338 e. The molecule has 1 amide bonds. The molecule has 160 valence electrons. The third-order valence-corrected chi connectivity index (χ3v) is 4.35. The van der Waals surface area contributed by atoms with Crippen LogP contribution in [-0.4, -0.2) is 45.2 Å². The summed E-state index contributed by atoms with van der Waals surface area (Å²) in [6, 6.07) is 6.21. The number of hydrogen-bond donors (Lipinski definition) is 1. The van der Waals surface area contributed by atoms with Gasteiger partial charge in [-0.3, -0.25) is 14.9 Å². The number of benzene rings is 2. The van der Waals surface area contributed by atoms with Crippen molar-refractivity contribution in [1.29, 1.82) is 0 Å². The molecular weight excluding hydrogens is 396 g/mol. The molecular formula is C20H22N2O8. The van der Waals surface area contributed by atoms with E-state index in [0.717, 1.165) is 19.2 Å². The number of amides is 1. The van der Waals surface area contributed by atoms with Gasteiger partial charge in [-0.2, -0.15) is 0 Å². The monoisotopic (exact) mass is 418 g/mol. The number of esters is 1. The molecule has 0 aromatic heterocycles. The van der Waals surface area contributed by atoms with Gasteiger partial charge in [0.05, 0.1) is 45.0 Å². The molecule has 0 heterocycles. The van der Waals surface area contributed by atoms with Gasteiger partial charge in [-0.05, 0) is 30.7 Å². The zero-order valence-corrected chi connectivity index (χ0v) is 17.2. The summed E-state index contributed by atoms with van der Waals surface area (Å²) < 4.78 is 20.5. The molecule has 0 spiro atoms. The van der Waals surface area contributed by atoms with E-state index < -0.39 is 28.5 Å². The Labute approximate surface area is 172 Å². The predicted molar refractivity (Wildman–Crippen MR) is 106 cm³/mol. The molecule has 2 aromatic rings. The van der Waals surface area contributed by atoms with Crippen molar-refractivity contribution in [2.45, 2.75) is 13.0 Å². The molecule has 0 saturated heterocycles. The van der Waals surface area contributed by atoms with Crippen LogP contribution in [0.1, 0.15) is 39.2 Å². The van der Waals surface area contributed by atoms with Gasteiger partial charge in [-0.15, -0.1) is 0 Å². The first-order valence-corrected chi connectivity index (χ1v) is 8.74. The van der Waals surface area contributed by atoms with Gasteiger partial charge >= 0.3 is 5.97 Å². The standard InChI is InChI=1S/C20H22N2O8/c1-11(12-9-16(27-2)18(29-4)17(10-12)28-3)21-19(23)13-6-14(20(24)30-5)8-15(7-13)22(25)26/h6-11H,1-5H3,(H,21,23). The topological polar surface area (TPSA) is 126 Å². The Kier molecular flexibility index (Phi) is 7.18. The van der Waals surface area contributed by atoms with Crippen molar-refractivity contribution < 1.29 is 33.5 Å². The highest BCUT2D eigenvalue weighted by atomic mass is 16.6. The molecule has 10 nitrogen and oxygen atoms in total. The summed E-state index contributed by atoms with van der Waals surface area (Å²) in [4.78, 5) is 35.0. The zero-order valence-electron chi connectivity index (χ0n) is 17.2. The number of carbonyl (C=O) groups is 2. The van der Waals surface area contributed by atoms with Gasteiger partial charge in [0.25, 0.3) is 11.6 Å². The van der Waals surface area contributed by atoms with Gasteiger partial charge in [-0.1, -0.05) is 0 Å². The molecule has 0 aliphatic heterocycles. The fraction of sp³-hybridized carbons (Fsp3) is 0.300. The van der Waals surface area contributed by atoms with E-state index >= 15 is 0 Å². The Balaban J connectivity index is 2.37. The van der Waals surface area contributed by atoms with Crippen molar-refractivity contribution in [2.24, 2.45) is 0 Å². The van der Waals surface area contributed by atoms with Crippen LogP contribution >= 0.6 is 0 Å². The summed E-state index contributed by atoms with van der Waals surface area (Å²) in [6.45, 7) is 1.72. The molecule has 0 aliphatic carbocycles. The third kappa shape index (κ3) is 4.77. The molecule has 2 rings (SSSR count). The van der Waals surface area contributed by atoms with Gasteiger partial charge < -0.3 is 24.3 Å². The van der Waals surface area contributed by atoms with Gasteiger partial charge in [0, 0.05) is 17.7 Å². The van der Waals surface area contributed by atoms with Crippen LogP contribution in [0.15, 0.2) is 30.3 Å². The highest BCUT2D eigenvalue weighted by Crippen LogP contribution is 2.39. The van der Waals surface area contributed by atoms with Crippen molar-refractivity contribution in [2.75, 3.05) is 28.4 Å². The maximum Gasteiger partial charge on any atom is 0.338 e. The van der Waals surface area contributed by atoms with E-state index in [9.17, 15) is 19.7 Å². The number of rotatable bonds is 8. The number of non-ortho nitro benzene ring substituents is 1. The summed E-state index contributed by atoms with van der Waals surface area (Å²) in [6.07, 6.45) is 0. The first-order chi connectivity index (χ1) is 14.2. The summed E-state index contributed by atoms with van der Waals surface area (Å²) in [5.41, 5.74) is 0.0983. The van der Waals surface area contributed by atoms with Crippen molar-refractivity contribution in [3.63, 3.8) is 0 Å². The molecule has 0 aliphatic rings. The molecule has 10 heteroatoms. The maximum absolute atomic E-state index is 12.7. The molecule has 0 bridgehead atoms. The van der Waals surface area contributed by atoms with Crippen LogP contribution in [0.25, 0.3) is 0 Å². The van der Waals surface area contributed by atoms with Crippen molar-refractivity contribution in [3.05, 3.63) is 57.1 Å². The van der Waals surface area contributed by atoms with E-state index in [1.807, 2.05) is 0 Å². The molecule has 1 N–H and O–H groups in total. The minimum absolute atomic E-state index is 0.0520. The van der Waals surface area contributed by atoms with Gasteiger partial charge in [0.2, 0.25) is 5.75 Å². The minimum atomic E-state index is -0.787. The van der Waals surface area contributed by atoms with E-state index in [-0.39, 0.29) is 11.1 Å². The minimum Gasteiger partial charge on any atom is -0.493 e. The Morgan fingerprint density at radius 1 is 0.933 bits per heavy atom. The number of methoxy groups -OCH3 is 4. The Morgan fingerprint density at radius 2 is 1.50 bits per heavy atom. The second-order valence-electron chi connectivity index (χ2n) is 6.17. The second-order valence-corrected chi connectivity index (χ2v) is 6.17. The Morgan fingerprint density at radius 3 is 1.97 bits per heavy atom. The molecule has 0 fully saturated rings. The lowest BCUT2D eigenvalue weighted by atomic mass is 10.0. The van der Waals surface area contributed by atoms with Crippen LogP contribution in [0.3, 0.4) is 0 Å². The SMILES string of the molecule is COC(=O)c1cc(C(=O)NC(C)c2cc(OC)c(OC)c(OC)c2)cc([N+](=O)[O-])c1. The van der Waals surface area contributed by atoms with Crippen LogP contribution in [0, 0.1) is 10.1 Å². The number of ether oxygens (including phenoxy) is 4. The summed E-state index contributed by atoms with van der Waals surface area (Å²) in [5.74, 6) is -0.160. The molecule has 0 saturated carbocycles. The first kappa shape index (κ1) is 22.5. The fourth-order valence-corrected chi connectivity index (χ4v) is 2.80. The van der Waals surface area contributed by atoms with E-state index in [1.54, 1.807) is 19.1 Å². The lowest BCUT2D eigenvalue weighted by Gasteiger charge is -2.19. The van der Waals surface area contributed by atoms with Crippen molar-refractivity contribution in [1.82, 2.24) is 5.32 Å². The number of nitro benzene ring substituents is 1. The van der Waals surface area contributed by atoms with E-state index in [0.29, 0.717) is 22.8 Å². The molecule has 1 atom stereocenters. The third-order valence-electron chi connectivity index (χ3n) is 4.35. The summed E-state index contributed by atoms with van der Waals surface area (Å²) >= 11 is 0. The second kappa shape index (κ2) is 9.59. The Bertz CT molecular complexity index is 948. The number of nitrogens with one attached hydrogen (secondary N) is 1. The number of carbonyl (C=O) groups excluding carboxylic acids is 2. The molecule has 0 radical (unpaired) electrons. The number of nitro groups is 1. The molecule has 30 heavy (non-hydrogen) atoms. The lowest BCUT2D eigenvalue weighted by molar-refractivity contribution is -0.384. The van der Waals surface area contributed by atoms with Crippen molar-refractivity contribution >= 4 is 17.6 Å². The Hall–Kier alpha value is -3.82. The van der Waals surface area contributed by atoms with E-state index in [1.165, 1.54) is 27.4 Å². The predicted octanol–water partition coefficient (Wildman–Crippen LogP) is 2.90. The van der Waals surface area contributed by atoms with Crippen LogP contribution in [0.4, 0.5) is 5.69 Å².